The van der Waals surface area contributed by atoms with Gasteiger partial charge in [0, 0.05) is 25.2 Å². The Bertz CT molecular complexity index is 1180. The molecule has 0 saturated carbocycles. The van der Waals surface area contributed by atoms with Crippen molar-refractivity contribution in [2.45, 2.75) is 45.1 Å². The van der Waals surface area contributed by atoms with Crippen molar-refractivity contribution in [1.29, 1.82) is 0 Å². The minimum Gasteiger partial charge on any atom is -0.491 e. The highest BCUT2D eigenvalue weighted by molar-refractivity contribution is 5.97. The van der Waals surface area contributed by atoms with E-state index in [1.165, 1.54) is 12.1 Å². The van der Waals surface area contributed by atoms with Crippen LogP contribution in [0.5, 0.6) is 5.75 Å². The molecule has 4 rings (SSSR count). The summed E-state index contributed by atoms with van der Waals surface area (Å²) in [5.74, 6) is -0.170. The number of halogens is 1. The second kappa shape index (κ2) is 13.0. The molecule has 1 aliphatic rings. The first-order chi connectivity index (χ1) is 18.1. The molecule has 0 bridgehead atoms. The van der Waals surface area contributed by atoms with Gasteiger partial charge < -0.3 is 14.5 Å². The molecule has 3 aromatic carbocycles. The number of carbonyl (C=O) groups excluding carboxylic acids is 2. The van der Waals surface area contributed by atoms with Crippen LogP contribution in [0.4, 0.5) is 4.39 Å². The van der Waals surface area contributed by atoms with Gasteiger partial charge in [0.15, 0.2) is 0 Å². The molecule has 0 aliphatic carbocycles. The SMILES string of the molecule is CCN1CCCCCCN(C(=O)c2cccc(F)c2)[C@H](Cc2ccccc2)COc2ccccc2C1=O. The second-order valence-electron chi connectivity index (χ2n) is 9.46. The number of rotatable bonds is 4. The minimum atomic E-state index is -0.434. The Hall–Kier alpha value is -3.67. The van der Waals surface area contributed by atoms with Crippen molar-refractivity contribution in [2.75, 3.05) is 26.2 Å². The number of hydrogen-bond acceptors (Lipinski definition) is 3. The standard InChI is InChI=1S/C31H35FN2O3/c1-2-33-19-10-3-4-11-20-34(30(35)25-15-12-16-26(32)22-25)27(21-24-13-6-5-7-14-24)23-37-29-18-9-8-17-28(29)31(33)36/h5-9,12-18,22,27H,2-4,10-11,19-21,23H2,1H3/t27-/m1/s1. The fourth-order valence-electron chi connectivity index (χ4n) is 4.85. The van der Waals surface area contributed by atoms with Crippen LogP contribution in [0, 0.1) is 5.82 Å². The first-order valence-corrected chi connectivity index (χ1v) is 13.2. The Morgan fingerprint density at radius 2 is 1.65 bits per heavy atom. The van der Waals surface area contributed by atoms with E-state index in [1.54, 1.807) is 18.2 Å². The molecule has 1 aliphatic heterocycles. The summed E-state index contributed by atoms with van der Waals surface area (Å²) in [5.41, 5.74) is 1.94. The van der Waals surface area contributed by atoms with Crippen LogP contribution >= 0.6 is 0 Å². The zero-order valence-corrected chi connectivity index (χ0v) is 21.4. The van der Waals surface area contributed by atoms with Crippen molar-refractivity contribution >= 4 is 11.8 Å². The molecule has 1 heterocycles. The van der Waals surface area contributed by atoms with Gasteiger partial charge in [-0.25, -0.2) is 4.39 Å². The minimum absolute atomic E-state index is 0.0394. The third-order valence-corrected chi connectivity index (χ3v) is 6.88. The number of nitrogens with zero attached hydrogens (tertiary/aromatic N) is 2. The van der Waals surface area contributed by atoms with Crippen molar-refractivity contribution in [3.63, 3.8) is 0 Å². The fraction of sp³-hybridized carbons (Fsp3) is 0.355. The first kappa shape index (κ1) is 26.4. The van der Waals surface area contributed by atoms with Gasteiger partial charge in [0.2, 0.25) is 0 Å². The summed E-state index contributed by atoms with van der Waals surface area (Å²) in [5, 5.41) is 0. The maximum Gasteiger partial charge on any atom is 0.257 e. The van der Waals surface area contributed by atoms with E-state index in [-0.39, 0.29) is 24.5 Å². The number of fused-ring (bicyclic) bond motifs is 1. The molecule has 37 heavy (non-hydrogen) atoms. The highest BCUT2D eigenvalue weighted by Crippen LogP contribution is 2.23. The Labute approximate surface area is 218 Å². The van der Waals surface area contributed by atoms with Gasteiger partial charge >= 0.3 is 0 Å². The van der Waals surface area contributed by atoms with Gasteiger partial charge in [0.1, 0.15) is 18.2 Å². The van der Waals surface area contributed by atoms with Crippen LogP contribution < -0.4 is 4.74 Å². The van der Waals surface area contributed by atoms with Gasteiger partial charge in [0.25, 0.3) is 11.8 Å². The molecular formula is C31H35FN2O3. The van der Waals surface area contributed by atoms with E-state index in [1.807, 2.05) is 65.3 Å². The smallest absolute Gasteiger partial charge is 0.257 e. The molecule has 0 unspecified atom stereocenters. The van der Waals surface area contributed by atoms with Gasteiger partial charge in [-0.3, -0.25) is 9.59 Å². The highest BCUT2D eigenvalue weighted by Gasteiger charge is 2.27. The topological polar surface area (TPSA) is 49.9 Å². The molecule has 0 spiro atoms. The zero-order valence-electron chi connectivity index (χ0n) is 21.4. The third kappa shape index (κ3) is 6.97. The van der Waals surface area contributed by atoms with Crippen LogP contribution in [0.1, 0.15) is 58.9 Å². The molecule has 5 nitrogen and oxygen atoms in total. The van der Waals surface area contributed by atoms with Gasteiger partial charge in [-0.1, -0.05) is 61.4 Å². The Morgan fingerprint density at radius 1 is 0.919 bits per heavy atom. The predicted octanol–water partition coefficient (Wildman–Crippen LogP) is 5.99. The second-order valence-corrected chi connectivity index (χ2v) is 9.46. The van der Waals surface area contributed by atoms with E-state index in [0.717, 1.165) is 31.2 Å². The van der Waals surface area contributed by atoms with Crippen molar-refractivity contribution in [3.05, 3.63) is 101 Å². The molecule has 1 atom stereocenters. The van der Waals surface area contributed by atoms with E-state index in [2.05, 4.69) is 0 Å². The Balaban J connectivity index is 1.69. The lowest BCUT2D eigenvalue weighted by Crippen LogP contribution is -2.46. The summed E-state index contributed by atoms with van der Waals surface area (Å²) in [4.78, 5) is 30.8. The Morgan fingerprint density at radius 3 is 2.41 bits per heavy atom. The maximum atomic E-state index is 14.0. The molecular weight excluding hydrogens is 467 g/mol. The number of hydrogen-bond donors (Lipinski definition) is 0. The molecule has 0 saturated heterocycles. The lowest BCUT2D eigenvalue weighted by molar-refractivity contribution is 0.0597. The van der Waals surface area contributed by atoms with Crippen LogP contribution in [-0.4, -0.2) is 53.9 Å². The van der Waals surface area contributed by atoms with Crippen LogP contribution in [0.15, 0.2) is 78.9 Å². The van der Waals surface area contributed by atoms with Crippen molar-refractivity contribution in [3.8, 4) is 5.75 Å². The lowest BCUT2D eigenvalue weighted by atomic mass is 10.0. The average molecular weight is 503 g/mol. The van der Waals surface area contributed by atoms with E-state index >= 15 is 0 Å². The molecule has 0 aromatic heterocycles. The summed E-state index contributed by atoms with van der Waals surface area (Å²) in [7, 11) is 0. The van der Waals surface area contributed by atoms with Gasteiger partial charge in [-0.05, 0) is 62.1 Å². The first-order valence-electron chi connectivity index (χ1n) is 13.2. The predicted molar refractivity (Wildman–Crippen MR) is 143 cm³/mol. The number of para-hydroxylation sites is 1. The van der Waals surface area contributed by atoms with Gasteiger partial charge in [-0.2, -0.15) is 0 Å². The molecule has 0 radical (unpaired) electrons. The molecule has 2 amide bonds. The van der Waals surface area contributed by atoms with E-state index in [9.17, 15) is 14.0 Å². The number of amides is 2. The number of carbonyl (C=O) groups is 2. The monoisotopic (exact) mass is 502 g/mol. The molecule has 0 N–H and O–H groups in total. The van der Waals surface area contributed by atoms with E-state index in [0.29, 0.717) is 42.9 Å². The van der Waals surface area contributed by atoms with Crippen LogP contribution in [-0.2, 0) is 6.42 Å². The summed E-state index contributed by atoms with van der Waals surface area (Å²) in [6.07, 6.45) is 4.21. The maximum absolute atomic E-state index is 14.0. The summed E-state index contributed by atoms with van der Waals surface area (Å²) >= 11 is 0. The van der Waals surface area contributed by atoms with Gasteiger partial charge in [0.05, 0.1) is 11.6 Å². The average Bonchev–Trinajstić information content (AvgIpc) is 2.92. The van der Waals surface area contributed by atoms with Crippen LogP contribution in [0.25, 0.3) is 0 Å². The normalized spacial score (nSPS) is 17.5. The van der Waals surface area contributed by atoms with E-state index < -0.39 is 5.82 Å². The number of benzene rings is 3. The highest BCUT2D eigenvalue weighted by atomic mass is 19.1. The third-order valence-electron chi connectivity index (χ3n) is 6.88. The largest absolute Gasteiger partial charge is 0.491 e. The Kier molecular flexibility index (Phi) is 9.30. The molecule has 6 heteroatoms. The summed E-state index contributed by atoms with van der Waals surface area (Å²) < 4.78 is 20.3. The molecule has 194 valence electrons. The quantitative estimate of drug-likeness (QED) is 0.440. The zero-order chi connectivity index (χ0) is 26.0. The number of ether oxygens (including phenoxy) is 1. The van der Waals surface area contributed by atoms with Crippen LogP contribution in [0.3, 0.4) is 0 Å². The lowest BCUT2D eigenvalue weighted by Gasteiger charge is -2.33. The van der Waals surface area contributed by atoms with Gasteiger partial charge in [-0.15, -0.1) is 0 Å². The molecule has 0 fully saturated rings. The fourth-order valence-corrected chi connectivity index (χ4v) is 4.85. The van der Waals surface area contributed by atoms with E-state index in [4.69, 9.17) is 4.74 Å². The van der Waals surface area contributed by atoms with Crippen molar-refractivity contribution < 1.29 is 18.7 Å². The van der Waals surface area contributed by atoms with Crippen molar-refractivity contribution in [2.24, 2.45) is 0 Å². The van der Waals surface area contributed by atoms with Crippen LogP contribution in [0.2, 0.25) is 0 Å². The molecule has 3 aromatic rings. The van der Waals surface area contributed by atoms with Crippen molar-refractivity contribution in [1.82, 2.24) is 9.80 Å². The summed E-state index contributed by atoms with van der Waals surface area (Å²) in [6, 6.07) is 22.9. The summed E-state index contributed by atoms with van der Waals surface area (Å²) in [6.45, 7) is 4.09.